The second kappa shape index (κ2) is 34.1. The molecule has 25 heteroatoms. The predicted octanol–water partition coefficient (Wildman–Crippen LogP) is 6.92. The zero-order valence-electron chi connectivity index (χ0n) is 50.6. The van der Waals surface area contributed by atoms with E-state index in [4.69, 9.17) is 57.5 Å². The number of carbonyl (C=O) groups excluding carboxylic acids is 1. The molecule has 89 heavy (non-hydrogen) atoms. The van der Waals surface area contributed by atoms with Crippen molar-refractivity contribution in [3.05, 3.63) is 118 Å². The number of ether oxygens (including phenoxy) is 5. The summed E-state index contributed by atoms with van der Waals surface area (Å²) in [6, 6.07) is 23.0. The first-order valence-electron chi connectivity index (χ1n) is 30.9. The number of rotatable bonds is 21. The number of anilines is 3. The molecule has 7 heterocycles. The van der Waals surface area contributed by atoms with Gasteiger partial charge in [-0.2, -0.15) is 15.2 Å². The Kier molecular flexibility index (Phi) is 25.4. The molecule has 476 valence electrons. The van der Waals surface area contributed by atoms with Crippen molar-refractivity contribution < 1.29 is 48.3 Å². The average Bonchev–Trinajstić information content (AvgIpc) is 2.79. The number of fused-ring (bicyclic) bond motifs is 2. The molecule has 0 saturated carbocycles. The van der Waals surface area contributed by atoms with Crippen LogP contribution in [0.25, 0.3) is 10.8 Å². The van der Waals surface area contributed by atoms with Crippen LogP contribution in [0, 0.1) is 11.3 Å². The van der Waals surface area contributed by atoms with Crippen molar-refractivity contribution in [2.75, 3.05) is 147 Å². The lowest BCUT2D eigenvalue weighted by atomic mass is 10.0. The van der Waals surface area contributed by atoms with Crippen LogP contribution in [-0.2, 0) is 49.8 Å². The number of hydrogen-bond acceptors (Lipinski definition) is 19. The highest BCUT2D eigenvalue weighted by molar-refractivity contribution is 7.80. The number of carbonyl (C=O) groups is 3. The van der Waals surface area contributed by atoms with Crippen LogP contribution in [0.3, 0.4) is 0 Å². The fraction of sp³-hybridized carbons (Fsp3) is 0.516. The van der Waals surface area contributed by atoms with E-state index < -0.39 is 11.9 Å². The van der Waals surface area contributed by atoms with Gasteiger partial charge >= 0.3 is 17.9 Å². The summed E-state index contributed by atoms with van der Waals surface area (Å²) in [4.78, 5) is 68.5. The van der Waals surface area contributed by atoms with Crippen LogP contribution < -0.4 is 25.2 Å². The summed E-state index contributed by atoms with van der Waals surface area (Å²) < 4.78 is 30.2. The summed E-state index contributed by atoms with van der Waals surface area (Å²) in [5.41, 5.74) is 4.63. The van der Waals surface area contributed by atoms with E-state index in [1.807, 2.05) is 18.2 Å². The van der Waals surface area contributed by atoms with Crippen LogP contribution in [0.15, 0.2) is 79.4 Å². The highest BCUT2D eigenvalue weighted by atomic mass is 35.5. The zero-order valence-corrected chi connectivity index (χ0v) is 52.1. The van der Waals surface area contributed by atoms with Gasteiger partial charge in [0.25, 0.3) is 0 Å². The standard InChI is InChI=1S/C64H82ClN13O10S/c1-2-58(79)78-26-25-77(43-50(78)18-20-66)60-52-19-24-76(57-17-8-12-46-11-7-15-53(65)59(46)57)44-56(52)71-63(72-60)88-45-51-14-10-23-75(51)22-6-4-3-5-21-67-64(89)70-48-39-49(69-55(40-48)62(82)83)42-74-29-33-86-37-35-84-31-27-73(28-32-85-36-38-87-34-30-74)41-47-13-9-16-54(68-47)61(80)81/h2,7-9,11-13,15-17,39-40,50-51H,1,3-6,10,14,18-19,21-38,41-45H2,(H,80,81)(H,82,83)(H2,67,69,70,89)/t50-,51-/m0/s1. The van der Waals surface area contributed by atoms with Gasteiger partial charge in [-0.3, -0.25) is 19.5 Å². The van der Waals surface area contributed by atoms with E-state index in [2.05, 4.69) is 82.0 Å². The number of amides is 1. The normalized spacial score (nSPS) is 18.9. The highest BCUT2D eigenvalue weighted by Gasteiger charge is 2.34. The number of pyridine rings is 2. The molecule has 2 aromatic carbocycles. The minimum absolute atomic E-state index is 0.00282. The van der Waals surface area contributed by atoms with Gasteiger partial charge in [-0.25, -0.2) is 19.6 Å². The second-order valence-corrected chi connectivity index (χ2v) is 23.4. The fourth-order valence-corrected chi connectivity index (χ4v) is 12.4. The summed E-state index contributed by atoms with van der Waals surface area (Å²) in [6.07, 6.45) is 8.27. The molecule has 2 atom stereocenters. The maximum absolute atomic E-state index is 12.8. The number of halogens is 1. The van der Waals surface area contributed by atoms with E-state index >= 15 is 0 Å². The molecule has 0 spiro atoms. The smallest absolute Gasteiger partial charge is 0.354 e. The van der Waals surface area contributed by atoms with Gasteiger partial charge < -0.3 is 59.2 Å². The van der Waals surface area contributed by atoms with Crippen LogP contribution >= 0.6 is 23.8 Å². The molecule has 0 bridgehead atoms. The van der Waals surface area contributed by atoms with Crippen molar-refractivity contribution in [3.63, 3.8) is 0 Å². The number of carboxylic acids is 2. The van der Waals surface area contributed by atoms with Crippen LogP contribution in [0.4, 0.5) is 17.2 Å². The van der Waals surface area contributed by atoms with Gasteiger partial charge in [0.1, 0.15) is 18.1 Å². The van der Waals surface area contributed by atoms with Gasteiger partial charge in [-0.15, -0.1) is 0 Å². The predicted molar refractivity (Wildman–Crippen MR) is 343 cm³/mol. The van der Waals surface area contributed by atoms with E-state index in [-0.39, 0.29) is 35.8 Å². The van der Waals surface area contributed by atoms with Gasteiger partial charge in [0.15, 0.2) is 10.8 Å². The Bertz CT molecular complexity index is 3230. The Hall–Kier alpha value is -7.18. The number of likely N-dealkylation sites (tertiary alicyclic amines) is 1. The van der Waals surface area contributed by atoms with Gasteiger partial charge in [-0.05, 0) is 105 Å². The third kappa shape index (κ3) is 19.4. The lowest BCUT2D eigenvalue weighted by molar-refractivity contribution is -0.128. The van der Waals surface area contributed by atoms with E-state index in [1.165, 1.54) is 18.2 Å². The minimum atomic E-state index is -1.15. The van der Waals surface area contributed by atoms with Crippen LogP contribution in [0.5, 0.6) is 6.01 Å². The Morgan fingerprint density at radius 1 is 0.753 bits per heavy atom. The van der Waals surface area contributed by atoms with Crippen LogP contribution in [-0.4, -0.2) is 216 Å². The van der Waals surface area contributed by atoms with Gasteiger partial charge in [0.05, 0.1) is 100 Å². The highest BCUT2D eigenvalue weighted by Crippen LogP contribution is 2.38. The largest absolute Gasteiger partial charge is 0.477 e. The summed E-state index contributed by atoms with van der Waals surface area (Å²) >= 11 is 12.5. The fourth-order valence-electron chi connectivity index (χ4n) is 11.9. The van der Waals surface area contributed by atoms with Crippen molar-refractivity contribution in [1.82, 2.24) is 44.9 Å². The van der Waals surface area contributed by atoms with E-state index in [1.54, 1.807) is 17.0 Å². The quantitative estimate of drug-likeness (QED) is 0.0330. The average molecular weight is 1260 g/mol. The maximum atomic E-state index is 12.8. The number of nitrogens with zero attached hydrogens (tertiary/aromatic N) is 11. The Morgan fingerprint density at radius 2 is 1.43 bits per heavy atom. The number of benzene rings is 2. The number of aromatic carboxylic acids is 2. The zero-order chi connectivity index (χ0) is 62.3. The number of carboxylic acid groups (broad SMARTS) is 2. The van der Waals surface area contributed by atoms with Crippen molar-refractivity contribution in [3.8, 4) is 12.1 Å². The van der Waals surface area contributed by atoms with Gasteiger partial charge in [0, 0.05) is 100 Å². The lowest BCUT2D eigenvalue weighted by Crippen LogP contribution is -2.55. The summed E-state index contributed by atoms with van der Waals surface area (Å²) in [7, 11) is 0. The summed E-state index contributed by atoms with van der Waals surface area (Å²) in [5, 5.41) is 38.9. The number of aromatic nitrogens is 4. The molecule has 4 aliphatic rings. The third-order valence-electron chi connectivity index (χ3n) is 16.4. The number of unbranched alkanes of at least 4 members (excludes halogenated alkanes) is 3. The molecule has 3 fully saturated rings. The first-order valence-corrected chi connectivity index (χ1v) is 31.7. The van der Waals surface area contributed by atoms with Crippen molar-refractivity contribution in [2.24, 2.45) is 0 Å². The first-order chi connectivity index (χ1) is 43.4. The molecular formula is C64H82ClN13O10S. The Morgan fingerprint density at radius 3 is 2.12 bits per heavy atom. The van der Waals surface area contributed by atoms with Crippen LogP contribution in [0.2, 0.25) is 5.02 Å². The van der Waals surface area contributed by atoms with Gasteiger partial charge in [0.2, 0.25) is 5.91 Å². The molecule has 0 unspecified atom stereocenters. The molecule has 3 saturated heterocycles. The van der Waals surface area contributed by atoms with E-state index in [0.717, 1.165) is 91.7 Å². The molecule has 23 nitrogen and oxygen atoms in total. The van der Waals surface area contributed by atoms with Crippen molar-refractivity contribution in [2.45, 2.75) is 83.1 Å². The molecular weight excluding hydrogens is 1180 g/mol. The van der Waals surface area contributed by atoms with Crippen molar-refractivity contribution >= 4 is 74.7 Å². The van der Waals surface area contributed by atoms with Crippen LogP contribution in [0.1, 0.15) is 88.6 Å². The van der Waals surface area contributed by atoms with E-state index in [0.29, 0.717) is 171 Å². The third-order valence-corrected chi connectivity index (χ3v) is 17.0. The molecule has 4 aliphatic heterocycles. The van der Waals surface area contributed by atoms with Crippen molar-refractivity contribution in [1.29, 1.82) is 5.26 Å². The number of nitrogens with one attached hydrogen (secondary N) is 2. The lowest BCUT2D eigenvalue weighted by Gasteiger charge is -2.42. The summed E-state index contributed by atoms with van der Waals surface area (Å²) in [5.74, 6) is -1.59. The SMILES string of the molecule is C=CC(=O)N1CCN(c2nc(OC[C@@H]3CCCN3CCCCCCNC(=S)Nc3cc(CN4CCOCCOCCN(Cc5cccc(C(=O)O)n5)CCOCCOCC4)nc(C(=O)O)c3)nc3c2CCN(c2cccc4cccc(Cl)c24)C3)C[C@@H]1CC#N. The number of hydrogen-bond donors (Lipinski definition) is 4. The molecule has 1 amide bonds. The minimum Gasteiger partial charge on any atom is -0.477 e. The Labute approximate surface area is 530 Å². The summed E-state index contributed by atoms with van der Waals surface area (Å²) in [6.45, 7) is 15.8. The molecule has 0 aliphatic carbocycles. The first kappa shape index (κ1) is 66.2. The second-order valence-electron chi connectivity index (χ2n) is 22.5. The number of piperazine rings is 1. The monoisotopic (exact) mass is 1260 g/mol. The number of thiocarbonyl (C=S) groups is 1. The molecule has 5 aromatic rings. The van der Waals surface area contributed by atoms with E-state index in [9.17, 15) is 29.9 Å². The maximum Gasteiger partial charge on any atom is 0.354 e. The number of nitriles is 1. The topological polar surface area (TPSA) is 257 Å². The molecule has 4 N–H and O–H groups in total. The Balaban J connectivity index is 0.722. The molecule has 3 aromatic heterocycles. The molecule has 9 rings (SSSR count). The van der Waals surface area contributed by atoms with Gasteiger partial charge in [-0.1, -0.05) is 61.4 Å². The molecule has 0 radical (unpaired) electrons.